The fourth-order valence-corrected chi connectivity index (χ4v) is 3.21. The normalized spacial score (nSPS) is 15.1. The van der Waals surface area contributed by atoms with Crippen molar-refractivity contribution >= 4 is 60.8 Å². The van der Waals surface area contributed by atoms with E-state index in [9.17, 15) is 4.79 Å². The first kappa shape index (κ1) is 15.2. The van der Waals surface area contributed by atoms with Crippen LogP contribution >= 0.6 is 54.5 Å². The van der Waals surface area contributed by atoms with Gasteiger partial charge in [-0.3, -0.25) is 4.79 Å². The number of carbonyl (C=O) groups is 1. The lowest BCUT2D eigenvalue weighted by molar-refractivity contribution is -0.0469. The van der Waals surface area contributed by atoms with Crippen molar-refractivity contribution in [2.45, 2.75) is 6.29 Å². The zero-order valence-electron chi connectivity index (χ0n) is 9.42. The van der Waals surface area contributed by atoms with Crippen LogP contribution in [0.25, 0.3) is 0 Å². The third kappa shape index (κ3) is 4.69. The maximum Gasteiger partial charge on any atom is 0.202 e. The lowest BCUT2D eigenvalue weighted by Gasteiger charge is -2.02. The molecule has 2 aromatic rings. The molecule has 1 saturated heterocycles. The third-order valence-electron chi connectivity index (χ3n) is 1.97. The molecule has 0 N–H and O–H groups in total. The Morgan fingerprint density at radius 3 is 2.21 bits per heavy atom. The monoisotopic (exact) mass is 426 g/mol. The van der Waals surface area contributed by atoms with Crippen LogP contribution in [0.4, 0.5) is 0 Å². The van der Waals surface area contributed by atoms with Crippen LogP contribution in [0.1, 0.15) is 22.5 Å². The molecule has 0 bridgehead atoms. The molecule has 0 aromatic carbocycles. The van der Waals surface area contributed by atoms with Crippen LogP contribution in [-0.2, 0) is 9.47 Å². The van der Waals surface area contributed by atoms with Crippen molar-refractivity contribution in [3.05, 3.63) is 30.0 Å². The molecule has 3 heterocycles. The second kappa shape index (κ2) is 7.55. The molecule has 1 aliphatic heterocycles. The highest BCUT2D eigenvalue weighted by Crippen LogP contribution is 2.26. The minimum absolute atomic E-state index is 0.238. The smallest absolute Gasteiger partial charge is 0.202 e. The molecule has 1 fully saturated rings. The molecule has 5 nitrogen and oxygen atoms in total. The Kier molecular flexibility index (Phi) is 6.05. The molecule has 19 heavy (non-hydrogen) atoms. The summed E-state index contributed by atoms with van der Waals surface area (Å²) >= 11 is 9.34. The molecule has 0 aliphatic carbocycles. The number of hydrogen-bond acceptors (Lipinski definition) is 7. The Labute approximate surface area is 134 Å². The average molecular weight is 428 g/mol. The van der Waals surface area contributed by atoms with E-state index in [1.165, 1.54) is 22.7 Å². The van der Waals surface area contributed by atoms with Gasteiger partial charge in [-0.15, -0.1) is 22.7 Å². The van der Waals surface area contributed by atoms with Crippen molar-refractivity contribution in [2.75, 3.05) is 13.2 Å². The van der Waals surface area contributed by atoms with Crippen LogP contribution in [-0.4, -0.2) is 29.5 Å². The highest BCUT2D eigenvalue weighted by atomic mass is 79.9. The van der Waals surface area contributed by atoms with Crippen molar-refractivity contribution in [3.63, 3.8) is 0 Å². The summed E-state index contributed by atoms with van der Waals surface area (Å²) in [5.41, 5.74) is 1.35. The number of rotatable bonds is 2. The molecule has 2 aromatic heterocycles. The summed E-state index contributed by atoms with van der Waals surface area (Å²) in [6.07, 6.45) is 0.485. The van der Waals surface area contributed by atoms with Crippen LogP contribution in [0.3, 0.4) is 0 Å². The number of carbonyl (C=O) groups excluding carboxylic acids is 1. The Morgan fingerprint density at radius 2 is 1.79 bits per heavy atom. The summed E-state index contributed by atoms with van der Waals surface area (Å²) in [5, 5.41) is 3.62. The van der Waals surface area contributed by atoms with Gasteiger partial charge < -0.3 is 9.47 Å². The molecular formula is C10H8Br2N2O3S2. The summed E-state index contributed by atoms with van der Waals surface area (Å²) in [7, 11) is 0. The standard InChI is InChI=1S/C6H6BrNO2S.C4H2BrNOS/c7-6-8-4(3-11-6)5-9-1-2-10-5;5-4-6-3(1-7)2-8-4/h3,5H,1-2H2;1-2H. The number of aldehydes is 1. The first-order valence-electron chi connectivity index (χ1n) is 5.09. The number of aromatic nitrogens is 2. The molecule has 0 amide bonds. The summed E-state index contributed by atoms with van der Waals surface area (Å²) < 4.78 is 12.1. The predicted molar refractivity (Wildman–Crippen MR) is 79.7 cm³/mol. The second-order valence-electron chi connectivity index (χ2n) is 3.24. The molecule has 0 radical (unpaired) electrons. The fraction of sp³-hybridized carbons (Fsp3) is 0.300. The van der Waals surface area contributed by atoms with Gasteiger partial charge >= 0.3 is 0 Å². The number of hydrogen-bond donors (Lipinski definition) is 0. The van der Waals surface area contributed by atoms with E-state index in [0.29, 0.717) is 18.9 Å². The highest BCUT2D eigenvalue weighted by molar-refractivity contribution is 9.11. The van der Waals surface area contributed by atoms with Gasteiger partial charge in [-0.05, 0) is 31.9 Å². The summed E-state index contributed by atoms with van der Waals surface area (Å²) in [4.78, 5) is 17.9. The first-order chi connectivity index (χ1) is 9.19. The lowest BCUT2D eigenvalue weighted by atomic mass is 10.5. The van der Waals surface area contributed by atoms with E-state index in [0.717, 1.165) is 19.8 Å². The zero-order valence-corrected chi connectivity index (χ0v) is 14.2. The summed E-state index contributed by atoms with van der Waals surface area (Å²) in [5.74, 6) is 0. The minimum Gasteiger partial charge on any atom is -0.345 e. The molecule has 0 unspecified atom stereocenters. The Morgan fingerprint density at radius 1 is 1.16 bits per heavy atom. The van der Waals surface area contributed by atoms with Crippen LogP contribution < -0.4 is 0 Å². The van der Waals surface area contributed by atoms with Crippen molar-refractivity contribution < 1.29 is 14.3 Å². The maximum atomic E-state index is 9.94. The molecule has 1 aliphatic rings. The lowest BCUT2D eigenvalue weighted by Crippen LogP contribution is -1.97. The largest absolute Gasteiger partial charge is 0.345 e. The quantitative estimate of drug-likeness (QED) is 0.684. The Balaban J connectivity index is 0.000000148. The van der Waals surface area contributed by atoms with Gasteiger partial charge in [-0.2, -0.15) is 0 Å². The number of thiazole rings is 2. The van der Waals surface area contributed by atoms with Gasteiger partial charge in [0.2, 0.25) is 6.29 Å². The van der Waals surface area contributed by atoms with E-state index in [4.69, 9.17) is 9.47 Å². The molecular weight excluding hydrogens is 420 g/mol. The third-order valence-corrected chi connectivity index (χ3v) is 4.74. The van der Waals surface area contributed by atoms with Gasteiger partial charge in [0.25, 0.3) is 0 Å². The van der Waals surface area contributed by atoms with Crippen LogP contribution in [0, 0.1) is 0 Å². The van der Waals surface area contributed by atoms with Gasteiger partial charge in [0.05, 0.1) is 13.2 Å². The first-order valence-corrected chi connectivity index (χ1v) is 8.44. The second-order valence-corrected chi connectivity index (χ2v) is 7.51. The van der Waals surface area contributed by atoms with Crippen molar-refractivity contribution in [1.29, 1.82) is 0 Å². The van der Waals surface area contributed by atoms with E-state index in [1.54, 1.807) is 5.38 Å². The predicted octanol–water partition coefficient (Wildman–Crippen LogP) is 3.67. The molecule has 0 atom stereocenters. The summed E-state index contributed by atoms with van der Waals surface area (Å²) in [6.45, 7) is 1.33. The molecule has 3 rings (SSSR count). The van der Waals surface area contributed by atoms with E-state index >= 15 is 0 Å². The van der Waals surface area contributed by atoms with E-state index in [-0.39, 0.29) is 6.29 Å². The van der Waals surface area contributed by atoms with Crippen molar-refractivity contribution in [2.24, 2.45) is 0 Å². The fourth-order valence-electron chi connectivity index (χ4n) is 1.22. The highest BCUT2D eigenvalue weighted by Gasteiger charge is 2.20. The maximum absolute atomic E-state index is 9.94. The Bertz CT molecular complexity index is 540. The molecule has 102 valence electrons. The van der Waals surface area contributed by atoms with Crippen molar-refractivity contribution in [3.8, 4) is 0 Å². The van der Waals surface area contributed by atoms with Gasteiger partial charge in [-0.1, -0.05) is 0 Å². The van der Waals surface area contributed by atoms with E-state index in [2.05, 4.69) is 41.8 Å². The Hall–Kier alpha value is -0.190. The zero-order chi connectivity index (χ0) is 13.7. The molecule has 0 spiro atoms. The van der Waals surface area contributed by atoms with Crippen LogP contribution in [0.2, 0.25) is 0 Å². The van der Waals surface area contributed by atoms with Gasteiger partial charge in [0.15, 0.2) is 14.1 Å². The number of ether oxygens (including phenoxy) is 2. The topological polar surface area (TPSA) is 61.3 Å². The SMILES string of the molecule is Brc1nc(C2OCCO2)cs1.O=Cc1csc(Br)n1. The number of halogens is 2. The summed E-state index contributed by atoms with van der Waals surface area (Å²) in [6, 6.07) is 0. The van der Waals surface area contributed by atoms with Crippen LogP contribution in [0.5, 0.6) is 0 Å². The van der Waals surface area contributed by atoms with Crippen LogP contribution in [0.15, 0.2) is 18.6 Å². The average Bonchev–Trinajstić information content (AvgIpc) is 3.10. The number of nitrogens with zero attached hydrogens (tertiary/aromatic N) is 2. The van der Waals surface area contributed by atoms with Gasteiger partial charge in [0, 0.05) is 10.8 Å². The van der Waals surface area contributed by atoms with Crippen molar-refractivity contribution in [1.82, 2.24) is 9.97 Å². The van der Waals surface area contributed by atoms with E-state index in [1.807, 2.05) is 5.38 Å². The van der Waals surface area contributed by atoms with Gasteiger partial charge in [-0.25, -0.2) is 9.97 Å². The molecule has 9 heteroatoms. The minimum atomic E-state index is -0.238. The molecule has 0 saturated carbocycles. The van der Waals surface area contributed by atoms with E-state index < -0.39 is 0 Å². The van der Waals surface area contributed by atoms with Gasteiger partial charge in [0.1, 0.15) is 11.4 Å².